The summed E-state index contributed by atoms with van der Waals surface area (Å²) in [6.07, 6.45) is 0. The maximum atomic E-state index is 12.3. The van der Waals surface area contributed by atoms with Crippen LogP contribution < -0.4 is 27.1 Å². The second-order valence-corrected chi connectivity index (χ2v) is 4.76. The Hall–Kier alpha value is -3.59. The minimum Gasteiger partial charge on any atom is -0.287 e. The number of nitrogens with one attached hydrogen (secondary N) is 1. The van der Waals surface area contributed by atoms with Crippen molar-refractivity contribution in [2.75, 3.05) is 5.43 Å². The first-order valence-electron chi connectivity index (χ1n) is 6.69. The zero-order chi connectivity index (χ0) is 16.4. The van der Waals surface area contributed by atoms with Gasteiger partial charge in [0.25, 0.3) is 5.43 Å². The lowest BCUT2D eigenvalue weighted by Gasteiger charge is -2.01. The Morgan fingerprint density at radius 2 is 1.43 bits per heavy atom. The summed E-state index contributed by atoms with van der Waals surface area (Å²) in [5.41, 5.74) is 0.815. The monoisotopic (exact) mass is 303 g/mol. The summed E-state index contributed by atoms with van der Waals surface area (Å²) in [6.45, 7) is 0. The molecule has 110 valence electrons. The average molecular weight is 303 g/mol. The molecule has 0 atom stereocenters. The van der Waals surface area contributed by atoms with Gasteiger partial charge in [-0.1, -0.05) is 36.4 Å². The Labute approximate surface area is 129 Å². The number of hydrogen-bond acceptors (Lipinski definition) is 6. The molecule has 0 unspecified atom stereocenters. The zero-order valence-corrected chi connectivity index (χ0v) is 11.7. The van der Waals surface area contributed by atoms with Crippen molar-refractivity contribution >= 4 is 16.5 Å². The minimum atomic E-state index is -0.962. The van der Waals surface area contributed by atoms with Crippen molar-refractivity contribution in [2.45, 2.75) is 0 Å². The number of nitrogens with zero attached hydrogens (tertiary/aromatic N) is 2. The quantitative estimate of drug-likeness (QED) is 0.552. The number of nitriles is 1. The molecule has 3 rings (SSSR count). The SMILES string of the molecule is N#Cc1ccccc1N/N=c1\c(=O)c(=O)c2ccccc2c1=O. The van der Waals surface area contributed by atoms with Crippen molar-refractivity contribution in [3.05, 3.63) is 90.1 Å². The van der Waals surface area contributed by atoms with Crippen LogP contribution in [0.5, 0.6) is 0 Å². The summed E-state index contributed by atoms with van der Waals surface area (Å²) in [4.78, 5) is 36.5. The Morgan fingerprint density at radius 1 is 0.826 bits per heavy atom. The van der Waals surface area contributed by atoms with Crippen LogP contribution in [0.25, 0.3) is 10.8 Å². The highest BCUT2D eigenvalue weighted by molar-refractivity contribution is 5.81. The van der Waals surface area contributed by atoms with Crippen molar-refractivity contribution in [3.63, 3.8) is 0 Å². The smallest absolute Gasteiger partial charge is 0.257 e. The maximum absolute atomic E-state index is 12.3. The number of fused-ring (bicyclic) bond motifs is 1. The third-order valence-corrected chi connectivity index (χ3v) is 3.39. The lowest BCUT2D eigenvalue weighted by molar-refractivity contribution is 1.16. The van der Waals surface area contributed by atoms with Crippen LogP contribution in [0.4, 0.5) is 5.69 Å². The van der Waals surface area contributed by atoms with E-state index in [1.165, 1.54) is 12.1 Å². The average Bonchev–Trinajstić information content (AvgIpc) is 2.60. The molecule has 0 radical (unpaired) electrons. The Morgan fingerprint density at radius 3 is 2.13 bits per heavy atom. The molecule has 0 fully saturated rings. The summed E-state index contributed by atoms with van der Waals surface area (Å²) >= 11 is 0. The number of hydrogen-bond donors (Lipinski definition) is 1. The molecule has 0 aliphatic heterocycles. The second-order valence-electron chi connectivity index (χ2n) is 4.76. The Bertz CT molecular complexity index is 1170. The van der Waals surface area contributed by atoms with Gasteiger partial charge in [0.05, 0.1) is 11.3 Å². The fraction of sp³-hybridized carbons (Fsp3) is 0. The molecule has 0 heterocycles. The molecule has 0 aliphatic carbocycles. The second kappa shape index (κ2) is 5.66. The largest absolute Gasteiger partial charge is 0.287 e. The van der Waals surface area contributed by atoms with Gasteiger partial charge in [0.1, 0.15) is 6.07 Å². The van der Waals surface area contributed by atoms with E-state index >= 15 is 0 Å². The molecule has 0 amide bonds. The highest BCUT2D eigenvalue weighted by Gasteiger charge is 2.10. The van der Waals surface area contributed by atoms with Crippen LogP contribution in [0.1, 0.15) is 5.56 Å². The van der Waals surface area contributed by atoms with Crippen LogP contribution in [0.3, 0.4) is 0 Å². The predicted molar refractivity (Wildman–Crippen MR) is 85.5 cm³/mol. The summed E-state index contributed by atoms with van der Waals surface area (Å²) in [6, 6.07) is 14.6. The summed E-state index contributed by atoms with van der Waals surface area (Å²) in [5.74, 6) is 0. The van der Waals surface area contributed by atoms with Crippen molar-refractivity contribution in [2.24, 2.45) is 5.10 Å². The first-order chi connectivity index (χ1) is 11.1. The van der Waals surface area contributed by atoms with Crippen molar-refractivity contribution in [1.29, 1.82) is 5.26 Å². The molecule has 6 nitrogen and oxygen atoms in total. The van der Waals surface area contributed by atoms with Gasteiger partial charge in [-0.25, -0.2) is 0 Å². The molecule has 0 aliphatic rings. The van der Waals surface area contributed by atoms with Gasteiger partial charge in [-0.05, 0) is 12.1 Å². The van der Waals surface area contributed by atoms with E-state index in [-0.39, 0.29) is 10.8 Å². The Kier molecular flexibility index (Phi) is 3.53. The highest BCUT2D eigenvalue weighted by Crippen LogP contribution is 2.12. The van der Waals surface area contributed by atoms with E-state index in [0.717, 1.165) is 0 Å². The molecule has 3 aromatic rings. The molecule has 0 saturated carbocycles. The molecular formula is C17H9N3O3. The molecule has 0 saturated heterocycles. The van der Waals surface area contributed by atoms with Crippen LogP contribution in [0.2, 0.25) is 0 Å². The number of rotatable bonds is 2. The van der Waals surface area contributed by atoms with E-state index in [4.69, 9.17) is 5.26 Å². The van der Waals surface area contributed by atoms with Gasteiger partial charge in [-0.3, -0.25) is 19.8 Å². The third-order valence-electron chi connectivity index (χ3n) is 3.39. The van der Waals surface area contributed by atoms with E-state index in [0.29, 0.717) is 11.3 Å². The minimum absolute atomic E-state index is 0.0823. The van der Waals surface area contributed by atoms with Crippen LogP contribution in [0.15, 0.2) is 68.0 Å². The van der Waals surface area contributed by atoms with E-state index < -0.39 is 21.6 Å². The molecular weight excluding hydrogens is 294 g/mol. The fourth-order valence-electron chi connectivity index (χ4n) is 2.24. The standard InChI is InChI=1S/C17H9N3O3/c18-9-10-5-1-4-8-13(10)19-20-14-15(21)11-6-2-3-7-12(11)16(22)17(14)23/h1-8,19H/b20-14-. The van der Waals surface area contributed by atoms with Crippen LogP contribution in [-0.4, -0.2) is 0 Å². The van der Waals surface area contributed by atoms with Crippen molar-refractivity contribution in [3.8, 4) is 6.07 Å². The number of anilines is 1. The number of para-hydroxylation sites is 1. The molecule has 0 bridgehead atoms. The van der Waals surface area contributed by atoms with Gasteiger partial charge >= 0.3 is 0 Å². The van der Waals surface area contributed by atoms with Crippen LogP contribution >= 0.6 is 0 Å². The fourth-order valence-corrected chi connectivity index (χ4v) is 2.24. The maximum Gasteiger partial charge on any atom is 0.257 e. The van der Waals surface area contributed by atoms with E-state index in [1.54, 1.807) is 36.4 Å². The van der Waals surface area contributed by atoms with E-state index in [9.17, 15) is 14.4 Å². The summed E-state index contributed by atoms with van der Waals surface area (Å²) < 4.78 is 0. The van der Waals surface area contributed by atoms with E-state index in [1.807, 2.05) is 6.07 Å². The predicted octanol–water partition coefficient (Wildman–Crippen LogP) is 0.595. The number of benzene rings is 3. The zero-order valence-electron chi connectivity index (χ0n) is 11.7. The van der Waals surface area contributed by atoms with Crippen LogP contribution in [-0.2, 0) is 0 Å². The summed E-state index contributed by atoms with van der Waals surface area (Å²) in [7, 11) is 0. The van der Waals surface area contributed by atoms with Crippen LogP contribution in [0, 0.1) is 11.3 Å². The lowest BCUT2D eigenvalue weighted by atomic mass is 10.1. The van der Waals surface area contributed by atoms with Gasteiger partial charge in [-0.15, -0.1) is 0 Å². The molecule has 1 N–H and O–H groups in total. The summed E-state index contributed by atoms with van der Waals surface area (Å²) in [5, 5.41) is 12.5. The Balaban J connectivity index is 2.25. The van der Waals surface area contributed by atoms with Gasteiger partial charge < -0.3 is 0 Å². The molecule has 0 aromatic heterocycles. The third kappa shape index (κ3) is 2.40. The van der Waals surface area contributed by atoms with Gasteiger partial charge in [0.15, 0.2) is 5.36 Å². The van der Waals surface area contributed by atoms with Gasteiger partial charge in [0.2, 0.25) is 10.9 Å². The van der Waals surface area contributed by atoms with E-state index in [2.05, 4.69) is 10.5 Å². The van der Waals surface area contributed by atoms with Gasteiger partial charge in [0, 0.05) is 10.8 Å². The molecule has 23 heavy (non-hydrogen) atoms. The highest BCUT2D eigenvalue weighted by atomic mass is 16.2. The van der Waals surface area contributed by atoms with Crippen molar-refractivity contribution < 1.29 is 0 Å². The topological polar surface area (TPSA) is 99.4 Å². The normalized spacial score (nSPS) is 11.3. The first kappa shape index (κ1) is 14.4. The molecule has 0 spiro atoms. The first-order valence-corrected chi connectivity index (χ1v) is 6.69. The molecule has 3 aromatic carbocycles. The molecule has 6 heteroatoms. The van der Waals surface area contributed by atoms with Gasteiger partial charge in [-0.2, -0.15) is 10.4 Å². The lowest BCUT2D eigenvalue weighted by Crippen LogP contribution is -2.48. The van der Waals surface area contributed by atoms with Crippen molar-refractivity contribution in [1.82, 2.24) is 0 Å².